The van der Waals surface area contributed by atoms with E-state index in [4.69, 9.17) is 16.3 Å². The van der Waals surface area contributed by atoms with E-state index in [0.717, 1.165) is 6.26 Å². The van der Waals surface area contributed by atoms with Crippen molar-refractivity contribution in [3.8, 4) is 5.75 Å². The molecule has 0 spiro atoms. The number of hydrogen-bond donors (Lipinski definition) is 0. The SMILES string of the molecule is COc1ccc(C(=O)[C@@](Cl)(Br)S(C)(=O)=O)cc1. The average Bonchev–Trinajstić information content (AvgIpc) is 2.26. The minimum absolute atomic E-state index is 0.183. The lowest BCUT2D eigenvalue weighted by atomic mass is 10.1. The molecule has 0 saturated heterocycles. The zero-order chi connectivity index (χ0) is 13.3. The highest BCUT2D eigenvalue weighted by atomic mass is 79.9. The van der Waals surface area contributed by atoms with E-state index < -0.39 is 18.7 Å². The first-order valence-corrected chi connectivity index (χ1v) is 7.52. The van der Waals surface area contributed by atoms with E-state index in [-0.39, 0.29) is 5.56 Å². The molecule has 0 aliphatic heterocycles. The monoisotopic (exact) mass is 340 g/mol. The van der Waals surface area contributed by atoms with Crippen molar-refractivity contribution in [3.63, 3.8) is 0 Å². The maximum atomic E-state index is 11.9. The first-order valence-electron chi connectivity index (χ1n) is 4.46. The highest BCUT2D eigenvalue weighted by Crippen LogP contribution is 2.34. The third kappa shape index (κ3) is 3.00. The maximum Gasteiger partial charge on any atom is 0.261 e. The normalized spacial score (nSPS) is 15.1. The smallest absolute Gasteiger partial charge is 0.261 e. The van der Waals surface area contributed by atoms with Crippen molar-refractivity contribution >= 4 is 43.2 Å². The summed E-state index contributed by atoms with van der Waals surface area (Å²) in [6, 6.07) is 6.00. The quantitative estimate of drug-likeness (QED) is 0.622. The molecule has 0 radical (unpaired) electrons. The first kappa shape index (κ1) is 14.5. The Kier molecular flexibility index (Phi) is 4.22. The molecule has 4 nitrogen and oxygen atoms in total. The molecule has 0 aliphatic carbocycles. The molecule has 0 fully saturated rings. The second kappa shape index (κ2) is 4.96. The Bertz CT molecular complexity index is 522. The van der Waals surface area contributed by atoms with Crippen molar-refractivity contribution in [1.82, 2.24) is 0 Å². The lowest BCUT2D eigenvalue weighted by Gasteiger charge is -2.16. The van der Waals surface area contributed by atoms with Gasteiger partial charge in [0, 0.05) is 11.8 Å². The third-order valence-electron chi connectivity index (χ3n) is 2.08. The van der Waals surface area contributed by atoms with Gasteiger partial charge in [-0.05, 0) is 40.2 Å². The number of Topliss-reactive ketones (excluding diaryl/α,β-unsaturated/α-hetero) is 1. The van der Waals surface area contributed by atoms with Crippen LogP contribution in [0.5, 0.6) is 5.75 Å². The van der Waals surface area contributed by atoms with Crippen LogP contribution in [0.2, 0.25) is 0 Å². The number of methoxy groups -OCH3 is 1. The molecule has 17 heavy (non-hydrogen) atoms. The number of alkyl halides is 2. The van der Waals surface area contributed by atoms with Gasteiger partial charge in [0.1, 0.15) is 5.75 Å². The van der Waals surface area contributed by atoms with Crippen molar-refractivity contribution in [2.75, 3.05) is 13.4 Å². The standard InChI is InChI=1S/C10H10BrClO4S/c1-16-8-5-3-7(4-6-8)9(13)10(11,12)17(2,14)15/h3-6H,1-2H3/t10-/m0/s1. The fourth-order valence-electron chi connectivity index (χ4n) is 1.08. The van der Waals surface area contributed by atoms with Gasteiger partial charge in [0.2, 0.25) is 5.78 Å². The number of rotatable bonds is 4. The van der Waals surface area contributed by atoms with Crippen LogP contribution in [0, 0.1) is 0 Å². The molecule has 0 aromatic heterocycles. The van der Waals surface area contributed by atoms with Crippen LogP contribution < -0.4 is 4.74 Å². The number of hydrogen-bond acceptors (Lipinski definition) is 4. The zero-order valence-corrected chi connectivity index (χ0v) is 12.3. The maximum absolute atomic E-state index is 11.9. The minimum atomic E-state index is -3.76. The molecule has 0 amide bonds. The topological polar surface area (TPSA) is 60.4 Å². The molecule has 1 rings (SSSR count). The fraction of sp³-hybridized carbons (Fsp3) is 0.300. The second-order valence-electron chi connectivity index (χ2n) is 3.35. The number of ketones is 1. The summed E-state index contributed by atoms with van der Waals surface area (Å²) >= 11 is 8.46. The molecule has 0 bridgehead atoms. The van der Waals surface area contributed by atoms with Crippen LogP contribution in [0.4, 0.5) is 0 Å². The molecular weight excluding hydrogens is 332 g/mol. The fourth-order valence-corrected chi connectivity index (χ4v) is 1.87. The predicted octanol–water partition coefficient (Wildman–Crippen LogP) is 2.21. The summed E-state index contributed by atoms with van der Waals surface area (Å²) < 4.78 is 25.5. The zero-order valence-electron chi connectivity index (χ0n) is 9.11. The average molecular weight is 342 g/mol. The van der Waals surface area contributed by atoms with E-state index in [1.807, 2.05) is 0 Å². The summed E-state index contributed by atoms with van der Waals surface area (Å²) in [5.74, 6) is -0.167. The van der Waals surface area contributed by atoms with Crippen LogP contribution in [-0.2, 0) is 9.84 Å². The Morgan fingerprint density at radius 1 is 1.35 bits per heavy atom. The van der Waals surface area contributed by atoms with Crippen LogP contribution in [0.25, 0.3) is 0 Å². The molecular formula is C10H10BrClO4S. The summed E-state index contributed by atoms with van der Waals surface area (Å²) in [5.41, 5.74) is 0.183. The van der Waals surface area contributed by atoms with E-state index in [1.54, 1.807) is 12.1 Å². The van der Waals surface area contributed by atoms with Crippen molar-refractivity contribution in [3.05, 3.63) is 29.8 Å². The number of carbonyl (C=O) groups is 1. The van der Waals surface area contributed by atoms with Crippen LogP contribution >= 0.6 is 27.5 Å². The summed E-state index contributed by atoms with van der Waals surface area (Å²) in [6.45, 7) is 0. The molecule has 1 aromatic carbocycles. The van der Waals surface area contributed by atoms with Gasteiger partial charge < -0.3 is 4.74 Å². The molecule has 0 saturated carbocycles. The van der Waals surface area contributed by atoms with Gasteiger partial charge in [0.25, 0.3) is 3.12 Å². The summed E-state index contributed by atoms with van der Waals surface area (Å²) in [4.78, 5) is 11.9. The molecule has 94 valence electrons. The summed E-state index contributed by atoms with van der Waals surface area (Å²) in [5, 5.41) is 0. The summed E-state index contributed by atoms with van der Waals surface area (Å²) in [7, 11) is -2.27. The molecule has 0 unspecified atom stereocenters. The number of benzene rings is 1. The molecule has 0 heterocycles. The van der Waals surface area contributed by atoms with Gasteiger partial charge in [0.15, 0.2) is 9.84 Å². The Balaban J connectivity index is 3.13. The second-order valence-corrected chi connectivity index (χ2v) is 8.47. The highest BCUT2D eigenvalue weighted by Gasteiger charge is 2.44. The van der Waals surface area contributed by atoms with Gasteiger partial charge in [0.05, 0.1) is 7.11 Å². The van der Waals surface area contributed by atoms with Crippen LogP contribution in [0.1, 0.15) is 10.4 Å². The van der Waals surface area contributed by atoms with E-state index >= 15 is 0 Å². The molecule has 0 aliphatic rings. The summed E-state index contributed by atoms with van der Waals surface area (Å²) in [6.07, 6.45) is 0.885. The van der Waals surface area contributed by atoms with E-state index in [9.17, 15) is 13.2 Å². The lowest BCUT2D eigenvalue weighted by Crippen LogP contribution is -2.34. The first-order chi connectivity index (χ1) is 7.70. The number of sulfone groups is 1. The third-order valence-corrected chi connectivity index (χ3v) is 6.34. The Morgan fingerprint density at radius 2 is 1.82 bits per heavy atom. The van der Waals surface area contributed by atoms with Crippen molar-refractivity contribution in [2.24, 2.45) is 0 Å². The van der Waals surface area contributed by atoms with Crippen molar-refractivity contribution in [2.45, 2.75) is 3.12 Å². The Hall–Kier alpha value is -0.590. The molecule has 1 aromatic rings. The van der Waals surface area contributed by atoms with E-state index in [2.05, 4.69) is 15.9 Å². The van der Waals surface area contributed by atoms with E-state index in [1.165, 1.54) is 19.2 Å². The van der Waals surface area contributed by atoms with E-state index in [0.29, 0.717) is 5.75 Å². The van der Waals surface area contributed by atoms with Gasteiger partial charge in [-0.15, -0.1) is 0 Å². The van der Waals surface area contributed by atoms with Crippen molar-refractivity contribution < 1.29 is 17.9 Å². The van der Waals surface area contributed by atoms with Crippen molar-refractivity contribution in [1.29, 1.82) is 0 Å². The molecule has 1 atom stereocenters. The van der Waals surface area contributed by atoms with Gasteiger partial charge in [-0.1, -0.05) is 11.6 Å². The van der Waals surface area contributed by atoms with Gasteiger partial charge in [-0.2, -0.15) is 0 Å². The van der Waals surface area contributed by atoms with Gasteiger partial charge in [-0.3, -0.25) is 4.79 Å². The Labute approximate surface area is 113 Å². The van der Waals surface area contributed by atoms with Gasteiger partial charge in [-0.25, -0.2) is 8.42 Å². The van der Waals surface area contributed by atoms with Crippen LogP contribution in [0.15, 0.2) is 24.3 Å². The molecule has 7 heteroatoms. The number of halogens is 2. The van der Waals surface area contributed by atoms with Gasteiger partial charge >= 0.3 is 0 Å². The Morgan fingerprint density at radius 3 is 2.18 bits per heavy atom. The largest absolute Gasteiger partial charge is 0.497 e. The number of carbonyl (C=O) groups excluding carboxylic acids is 1. The predicted molar refractivity (Wildman–Crippen MR) is 69.7 cm³/mol. The van der Waals surface area contributed by atoms with Crippen LogP contribution in [-0.4, -0.2) is 30.7 Å². The van der Waals surface area contributed by atoms with Crippen LogP contribution in [0.3, 0.4) is 0 Å². The minimum Gasteiger partial charge on any atom is -0.497 e. The lowest BCUT2D eigenvalue weighted by molar-refractivity contribution is 0.1000. The molecule has 0 N–H and O–H groups in total. The number of ether oxygens (including phenoxy) is 1. The highest BCUT2D eigenvalue weighted by molar-refractivity contribution is 9.12.